The molecule has 1 aliphatic rings. The molecule has 0 aliphatic heterocycles. The van der Waals surface area contributed by atoms with Crippen LogP contribution in [0.1, 0.15) is 56.9 Å². The van der Waals surface area contributed by atoms with E-state index in [2.05, 4.69) is 0 Å². The van der Waals surface area contributed by atoms with E-state index in [0.29, 0.717) is 16.0 Å². The number of carbonyl (C=O) groups excluding carboxylic acids is 1. The Kier molecular flexibility index (Phi) is 6.09. The second kappa shape index (κ2) is 7.62. The van der Waals surface area contributed by atoms with Crippen molar-refractivity contribution in [2.75, 3.05) is 0 Å². The number of aliphatic hydroxyl groups excluding tert-OH is 1. The monoisotopic (exact) mass is 328 g/mol. The third kappa shape index (κ3) is 4.70. The largest absolute Gasteiger partial charge is 0.393 e. The summed E-state index contributed by atoms with van der Waals surface area (Å²) in [4.78, 5) is 12.5. The van der Waals surface area contributed by atoms with Gasteiger partial charge in [0.25, 0.3) is 0 Å². The van der Waals surface area contributed by atoms with Gasteiger partial charge >= 0.3 is 0 Å². The second-order valence-corrected chi connectivity index (χ2v) is 6.95. The van der Waals surface area contributed by atoms with E-state index in [1.807, 2.05) is 6.07 Å². The van der Waals surface area contributed by atoms with E-state index >= 15 is 0 Å². The SMILES string of the molecule is CC(O)CC(=O)C(CC1CCCC1)c1ccc(Cl)c(Cl)c1. The molecule has 1 aliphatic carbocycles. The van der Waals surface area contributed by atoms with Gasteiger partial charge in [-0.25, -0.2) is 0 Å². The lowest BCUT2D eigenvalue weighted by Crippen LogP contribution is -2.20. The van der Waals surface area contributed by atoms with Crippen LogP contribution in [0.25, 0.3) is 0 Å². The first-order valence-corrected chi connectivity index (χ1v) is 8.38. The highest BCUT2D eigenvalue weighted by Gasteiger charge is 2.27. The highest BCUT2D eigenvalue weighted by Crippen LogP contribution is 2.36. The van der Waals surface area contributed by atoms with Gasteiger partial charge in [0.2, 0.25) is 0 Å². The number of ketones is 1. The summed E-state index contributed by atoms with van der Waals surface area (Å²) in [5.41, 5.74) is 0.918. The Morgan fingerprint density at radius 3 is 2.52 bits per heavy atom. The van der Waals surface area contributed by atoms with E-state index in [9.17, 15) is 9.90 Å². The van der Waals surface area contributed by atoms with Crippen molar-refractivity contribution in [3.05, 3.63) is 33.8 Å². The van der Waals surface area contributed by atoms with E-state index in [-0.39, 0.29) is 18.1 Å². The van der Waals surface area contributed by atoms with E-state index in [1.54, 1.807) is 19.1 Å². The molecule has 1 N–H and O–H groups in total. The van der Waals surface area contributed by atoms with Gasteiger partial charge in [-0.3, -0.25) is 4.79 Å². The van der Waals surface area contributed by atoms with Crippen molar-refractivity contribution >= 4 is 29.0 Å². The Morgan fingerprint density at radius 2 is 1.95 bits per heavy atom. The zero-order valence-corrected chi connectivity index (χ0v) is 13.8. The van der Waals surface area contributed by atoms with Crippen LogP contribution in [-0.2, 0) is 4.79 Å². The smallest absolute Gasteiger partial charge is 0.142 e. The van der Waals surface area contributed by atoms with E-state index in [0.717, 1.165) is 12.0 Å². The summed E-state index contributed by atoms with van der Waals surface area (Å²) >= 11 is 12.1. The van der Waals surface area contributed by atoms with Crippen LogP contribution in [-0.4, -0.2) is 17.0 Å². The zero-order valence-electron chi connectivity index (χ0n) is 12.3. The molecule has 0 spiro atoms. The van der Waals surface area contributed by atoms with Crippen molar-refractivity contribution in [2.24, 2.45) is 5.92 Å². The highest BCUT2D eigenvalue weighted by molar-refractivity contribution is 6.42. The maximum atomic E-state index is 12.5. The summed E-state index contributed by atoms with van der Waals surface area (Å²) < 4.78 is 0. The number of rotatable bonds is 6. The minimum atomic E-state index is -0.605. The van der Waals surface area contributed by atoms with Crippen molar-refractivity contribution in [1.82, 2.24) is 0 Å². The molecular weight excluding hydrogens is 307 g/mol. The summed E-state index contributed by atoms with van der Waals surface area (Å²) in [5, 5.41) is 10.5. The number of benzene rings is 1. The zero-order chi connectivity index (χ0) is 15.4. The molecule has 0 bridgehead atoms. The fourth-order valence-electron chi connectivity index (χ4n) is 3.20. The number of hydrogen-bond acceptors (Lipinski definition) is 2. The molecule has 2 unspecified atom stereocenters. The minimum Gasteiger partial charge on any atom is -0.393 e. The number of aliphatic hydroxyl groups is 1. The predicted molar refractivity (Wildman–Crippen MR) is 87.1 cm³/mol. The van der Waals surface area contributed by atoms with Crippen molar-refractivity contribution in [3.8, 4) is 0 Å². The molecule has 21 heavy (non-hydrogen) atoms. The lowest BCUT2D eigenvalue weighted by atomic mass is 9.83. The van der Waals surface area contributed by atoms with Crippen molar-refractivity contribution in [2.45, 2.75) is 57.5 Å². The number of hydrogen-bond donors (Lipinski definition) is 1. The molecule has 0 saturated heterocycles. The minimum absolute atomic E-state index is 0.0929. The van der Waals surface area contributed by atoms with Gasteiger partial charge in [0.1, 0.15) is 5.78 Å². The molecule has 2 atom stereocenters. The topological polar surface area (TPSA) is 37.3 Å². The molecule has 1 aromatic carbocycles. The maximum absolute atomic E-state index is 12.5. The molecule has 116 valence electrons. The van der Waals surface area contributed by atoms with Gasteiger partial charge in [-0.15, -0.1) is 0 Å². The van der Waals surface area contributed by atoms with Gasteiger partial charge in [-0.05, 0) is 37.0 Å². The van der Waals surface area contributed by atoms with Crippen LogP contribution in [0.2, 0.25) is 10.0 Å². The quantitative estimate of drug-likeness (QED) is 0.798. The number of carbonyl (C=O) groups is 1. The maximum Gasteiger partial charge on any atom is 0.142 e. The van der Waals surface area contributed by atoms with Crippen molar-refractivity contribution in [3.63, 3.8) is 0 Å². The second-order valence-electron chi connectivity index (χ2n) is 6.13. The van der Waals surface area contributed by atoms with Gasteiger partial charge in [0.15, 0.2) is 0 Å². The molecule has 0 amide bonds. The van der Waals surface area contributed by atoms with Gasteiger partial charge < -0.3 is 5.11 Å². The standard InChI is InChI=1S/C17H22Cl2O2/c1-11(20)8-17(21)14(9-12-4-2-3-5-12)13-6-7-15(18)16(19)10-13/h6-7,10-12,14,20H,2-5,8-9H2,1H3. The Labute approximate surface area is 136 Å². The van der Waals surface area contributed by atoms with Crippen LogP contribution in [0.3, 0.4) is 0 Å². The molecule has 1 aromatic rings. The van der Waals surface area contributed by atoms with Crippen LogP contribution >= 0.6 is 23.2 Å². The van der Waals surface area contributed by atoms with E-state index in [4.69, 9.17) is 23.2 Å². The molecule has 4 heteroatoms. The molecular formula is C17H22Cl2O2. The first-order chi connectivity index (χ1) is 9.97. The van der Waals surface area contributed by atoms with Crippen molar-refractivity contribution < 1.29 is 9.90 Å². The van der Waals surface area contributed by atoms with Crippen LogP contribution in [0.4, 0.5) is 0 Å². The average Bonchev–Trinajstić information content (AvgIpc) is 2.91. The Balaban J connectivity index is 2.20. The molecule has 2 nitrogen and oxygen atoms in total. The van der Waals surface area contributed by atoms with E-state index < -0.39 is 6.10 Å². The first-order valence-electron chi connectivity index (χ1n) is 7.63. The lowest BCUT2D eigenvalue weighted by molar-refractivity contribution is -0.122. The fraction of sp³-hybridized carbons (Fsp3) is 0.588. The highest BCUT2D eigenvalue weighted by atomic mass is 35.5. The van der Waals surface area contributed by atoms with Crippen LogP contribution < -0.4 is 0 Å². The average molecular weight is 329 g/mol. The molecule has 0 aromatic heterocycles. The van der Waals surface area contributed by atoms with Gasteiger partial charge in [-0.1, -0.05) is 55.0 Å². The molecule has 2 rings (SSSR count). The van der Waals surface area contributed by atoms with Gasteiger partial charge in [-0.2, -0.15) is 0 Å². The summed E-state index contributed by atoms with van der Waals surface area (Å²) in [7, 11) is 0. The van der Waals surface area contributed by atoms with Crippen molar-refractivity contribution in [1.29, 1.82) is 0 Å². The van der Waals surface area contributed by atoms with Crippen LogP contribution in [0.5, 0.6) is 0 Å². The normalized spacial score (nSPS) is 18.7. The summed E-state index contributed by atoms with van der Waals surface area (Å²) in [6.45, 7) is 1.65. The molecule has 1 saturated carbocycles. The summed E-state index contributed by atoms with van der Waals surface area (Å²) in [6, 6.07) is 5.42. The van der Waals surface area contributed by atoms with Crippen LogP contribution in [0, 0.1) is 5.92 Å². The fourth-order valence-corrected chi connectivity index (χ4v) is 3.50. The van der Waals surface area contributed by atoms with Gasteiger partial charge in [0.05, 0.1) is 16.1 Å². The molecule has 1 fully saturated rings. The molecule has 0 heterocycles. The third-order valence-electron chi connectivity index (χ3n) is 4.28. The summed E-state index contributed by atoms with van der Waals surface area (Å²) in [5.74, 6) is 0.509. The Hall–Kier alpha value is -0.570. The molecule has 0 radical (unpaired) electrons. The van der Waals surface area contributed by atoms with Crippen LogP contribution in [0.15, 0.2) is 18.2 Å². The Morgan fingerprint density at radius 1 is 1.29 bits per heavy atom. The first kappa shape index (κ1) is 16.8. The predicted octanol–water partition coefficient (Wildman–Crippen LogP) is 5.00. The van der Waals surface area contributed by atoms with E-state index in [1.165, 1.54) is 25.7 Å². The Bertz CT molecular complexity index is 494. The summed E-state index contributed by atoms with van der Waals surface area (Å²) in [6.07, 6.45) is 5.33. The van der Waals surface area contributed by atoms with Gasteiger partial charge in [0, 0.05) is 12.3 Å². The third-order valence-corrected chi connectivity index (χ3v) is 5.01. The number of halogens is 2. The number of Topliss-reactive ketones (excluding diaryl/α,β-unsaturated/α-hetero) is 1. The lowest BCUT2D eigenvalue weighted by Gasteiger charge is -2.21.